The van der Waals surface area contributed by atoms with Crippen molar-refractivity contribution >= 4 is 27.7 Å². The number of nitrogens with one attached hydrogen (secondary N) is 1. The summed E-state index contributed by atoms with van der Waals surface area (Å²) in [6.45, 7) is -0.280. The fourth-order valence-electron chi connectivity index (χ4n) is 0.933. The summed E-state index contributed by atoms with van der Waals surface area (Å²) in [6.07, 6.45) is 1.32. The summed E-state index contributed by atoms with van der Waals surface area (Å²) in [5.74, 6) is -0.792. The number of amides is 1. The Kier molecular flexibility index (Phi) is 3.96. The van der Waals surface area contributed by atoms with Gasteiger partial charge in [0, 0.05) is 0 Å². The highest BCUT2D eigenvalue weighted by atomic mass is 79.9. The average molecular weight is 288 g/mol. The van der Waals surface area contributed by atoms with Gasteiger partial charge in [-0.15, -0.1) is 0 Å². The van der Waals surface area contributed by atoms with Crippen LogP contribution in [0.2, 0.25) is 0 Å². The Labute approximate surface area is 98.1 Å². The standard InChI is InChI=1S/C7H6BrN5O3/c8-5-3-12(11-7(5)13(15)16)4-6(14)10-2-1-9/h3H,2,4H2,(H,10,14). The fourth-order valence-corrected chi connectivity index (χ4v) is 1.39. The molecule has 84 valence electrons. The second-order valence-corrected chi connectivity index (χ2v) is 3.54. The van der Waals surface area contributed by atoms with Gasteiger partial charge in [-0.1, -0.05) is 0 Å². The molecule has 1 rings (SSSR count). The third-order valence-corrected chi connectivity index (χ3v) is 2.10. The van der Waals surface area contributed by atoms with Crippen LogP contribution in [0.4, 0.5) is 5.82 Å². The normalized spacial score (nSPS) is 9.50. The smallest absolute Gasteiger partial charge is 0.358 e. The van der Waals surface area contributed by atoms with Crippen LogP contribution in [-0.4, -0.2) is 27.2 Å². The van der Waals surface area contributed by atoms with Crippen molar-refractivity contribution in [2.45, 2.75) is 6.54 Å². The van der Waals surface area contributed by atoms with E-state index in [1.807, 2.05) is 0 Å². The number of nitrogens with zero attached hydrogens (tertiary/aromatic N) is 4. The molecule has 1 amide bonds. The van der Waals surface area contributed by atoms with Gasteiger partial charge in [0.15, 0.2) is 0 Å². The van der Waals surface area contributed by atoms with E-state index in [1.54, 1.807) is 6.07 Å². The average Bonchev–Trinajstić information content (AvgIpc) is 2.56. The third kappa shape index (κ3) is 3.03. The summed E-state index contributed by atoms with van der Waals surface area (Å²) in [5, 5.41) is 24.5. The van der Waals surface area contributed by atoms with Crippen molar-refractivity contribution in [2.24, 2.45) is 0 Å². The van der Waals surface area contributed by atoms with Gasteiger partial charge in [-0.2, -0.15) is 9.94 Å². The number of hydrogen-bond acceptors (Lipinski definition) is 5. The van der Waals surface area contributed by atoms with Crippen molar-refractivity contribution in [1.82, 2.24) is 15.1 Å². The fraction of sp³-hybridized carbons (Fsp3) is 0.286. The Balaban J connectivity index is 2.69. The number of rotatable bonds is 4. The molecule has 8 nitrogen and oxygen atoms in total. The maximum absolute atomic E-state index is 11.2. The molecule has 0 aliphatic heterocycles. The second-order valence-electron chi connectivity index (χ2n) is 2.69. The van der Waals surface area contributed by atoms with Crippen molar-refractivity contribution in [3.63, 3.8) is 0 Å². The number of halogens is 1. The zero-order valence-corrected chi connectivity index (χ0v) is 9.47. The van der Waals surface area contributed by atoms with Crippen molar-refractivity contribution in [3.05, 3.63) is 20.8 Å². The van der Waals surface area contributed by atoms with Gasteiger partial charge in [0.2, 0.25) is 5.91 Å². The highest BCUT2D eigenvalue weighted by Gasteiger charge is 2.19. The number of nitro groups is 1. The van der Waals surface area contributed by atoms with Gasteiger partial charge >= 0.3 is 5.82 Å². The minimum Gasteiger partial charge on any atom is -0.358 e. The molecule has 1 aromatic heterocycles. The van der Waals surface area contributed by atoms with Crippen LogP contribution in [0.1, 0.15) is 0 Å². The molecule has 0 fully saturated rings. The number of carbonyl (C=O) groups excluding carboxylic acids is 1. The molecule has 0 aliphatic rings. The summed E-state index contributed by atoms with van der Waals surface area (Å²) in [5.41, 5.74) is 0. The van der Waals surface area contributed by atoms with Crippen LogP contribution in [0.15, 0.2) is 10.7 Å². The molecule has 0 aromatic carbocycles. The molecule has 1 heterocycles. The van der Waals surface area contributed by atoms with Crippen molar-refractivity contribution in [2.75, 3.05) is 6.54 Å². The Hall–Kier alpha value is -1.95. The van der Waals surface area contributed by atoms with Gasteiger partial charge in [-0.05, 0) is 20.9 Å². The van der Waals surface area contributed by atoms with Gasteiger partial charge in [-0.3, -0.25) is 4.79 Å². The Morgan fingerprint density at radius 3 is 3.00 bits per heavy atom. The van der Waals surface area contributed by atoms with Gasteiger partial charge in [0.05, 0.1) is 17.4 Å². The monoisotopic (exact) mass is 287 g/mol. The predicted octanol–water partition coefficient (Wildman–Crippen LogP) is 0.194. The van der Waals surface area contributed by atoms with E-state index in [2.05, 4.69) is 26.3 Å². The molecule has 9 heteroatoms. The van der Waals surface area contributed by atoms with Gasteiger partial charge < -0.3 is 15.4 Å². The van der Waals surface area contributed by atoms with E-state index < -0.39 is 10.8 Å². The van der Waals surface area contributed by atoms with Crippen LogP contribution in [0.5, 0.6) is 0 Å². The van der Waals surface area contributed by atoms with Crippen LogP contribution in [0.25, 0.3) is 0 Å². The molecule has 1 aromatic rings. The molecular weight excluding hydrogens is 282 g/mol. The van der Waals surface area contributed by atoms with E-state index in [4.69, 9.17) is 5.26 Å². The first-order valence-corrected chi connectivity index (χ1v) is 4.85. The number of carbonyl (C=O) groups is 1. The first-order chi connectivity index (χ1) is 7.54. The quantitative estimate of drug-likeness (QED) is 0.482. The largest absolute Gasteiger partial charge is 0.404 e. The Morgan fingerprint density at radius 1 is 1.81 bits per heavy atom. The van der Waals surface area contributed by atoms with Crippen LogP contribution in [0.3, 0.4) is 0 Å². The van der Waals surface area contributed by atoms with E-state index in [0.29, 0.717) is 0 Å². The van der Waals surface area contributed by atoms with E-state index >= 15 is 0 Å². The number of hydrogen-bond donors (Lipinski definition) is 1. The predicted molar refractivity (Wildman–Crippen MR) is 55.2 cm³/mol. The van der Waals surface area contributed by atoms with E-state index in [1.165, 1.54) is 6.20 Å². The maximum atomic E-state index is 11.2. The summed E-state index contributed by atoms with van der Waals surface area (Å²) in [7, 11) is 0. The molecule has 0 bridgehead atoms. The molecule has 0 atom stereocenters. The second kappa shape index (κ2) is 5.22. The lowest BCUT2D eigenvalue weighted by Crippen LogP contribution is -2.27. The Morgan fingerprint density at radius 2 is 2.50 bits per heavy atom. The molecule has 0 saturated carbocycles. The molecule has 0 spiro atoms. The van der Waals surface area contributed by atoms with Crippen molar-refractivity contribution in [3.8, 4) is 6.07 Å². The third-order valence-electron chi connectivity index (χ3n) is 1.54. The molecule has 0 saturated heterocycles. The van der Waals surface area contributed by atoms with Crippen molar-refractivity contribution < 1.29 is 9.72 Å². The van der Waals surface area contributed by atoms with Crippen molar-refractivity contribution in [1.29, 1.82) is 5.26 Å². The van der Waals surface area contributed by atoms with E-state index in [9.17, 15) is 14.9 Å². The minimum absolute atomic E-state index is 0.108. The summed E-state index contributed by atoms with van der Waals surface area (Å²) in [4.78, 5) is 20.9. The molecule has 0 aliphatic carbocycles. The first kappa shape index (κ1) is 12.1. The van der Waals surface area contributed by atoms with Gasteiger partial charge in [0.1, 0.15) is 17.6 Å². The van der Waals surface area contributed by atoms with E-state index in [0.717, 1.165) is 4.68 Å². The topological polar surface area (TPSA) is 114 Å². The lowest BCUT2D eigenvalue weighted by Gasteiger charge is -1.96. The first-order valence-electron chi connectivity index (χ1n) is 4.05. The summed E-state index contributed by atoms with van der Waals surface area (Å²) < 4.78 is 1.32. The number of aromatic nitrogens is 2. The van der Waals surface area contributed by atoms with Gasteiger partial charge in [-0.25, -0.2) is 0 Å². The van der Waals surface area contributed by atoms with Gasteiger partial charge in [0.25, 0.3) is 0 Å². The van der Waals surface area contributed by atoms with Crippen LogP contribution in [-0.2, 0) is 11.3 Å². The van der Waals surface area contributed by atoms with Crippen LogP contribution < -0.4 is 5.32 Å². The lowest BCUT2D eigenvalue weighted by atomic mass is 10.5. The SMILES string of the molecule is N#CCNC(=O)Cn1cc(Br)c([N+](=O)[O-])n1. The molecule has 0 radical (unpaired) electrons. The molecule has 16 heavy (non-hydrogen) atoms. The zero-order valence-electron chi connectivity index (χ0n) is 7.88. The summed E-state index contributed by atoms with van der Waals surface area (Å²) >= 11 is 2.95. The molecule has 1 N–H and O–H groups in total. The Bertz CT molecular complexity index is 463. The highest BCUT2D eigenvalue weighted by Crippen LogP contribution is 2.21. The minimum atomic E-state index is -0.659. The summed E-state index contributed by atoms with van der Waals surface area (Å²) in [6, 6.07) is 1.74. The van der Waals surface area contributed by atoms with E-state index in [-0.39, 0.29) is 23.4 Å². The van der Waals surface area contributed by atoms with Crippen LogP contribution in [0, 0.1) is 21.4 Å². The van der Waals surface area contributed by atoms with Crippen LogP contribution >= 0.6 is 15.9 Å². The lowest BCUT2D eigenvalue weighted by molar-refractivity contribution is -0.390. The number of nitriles is 1. The highest BCUT2D eigenvalue weighted by molar-refractivity contribution is 9.10. The molecule has 0 unspecified atom stereocenters. The maximum Gasteiger partial charge on any atom is 0.404 e. The zero-order chi connectivity index (χ0) is 12.1. The molecular formula is C7H6BrN5O3.